The van der Waals surface area contributed by atoms with Crippen LogP contribution >= 0.6 is 35.0 Å². The molecule has 0 bridgehead atoms. The number of aryl methyl sites for hydroxylation is 1. The molecule has 3 rings (SSSR count). The maximum atomic E-state index is 12.0. The first-order valence-corrected chi connectivity index (χ1v) is 7.90. The van der Waals surface area contributed by atoms with Crippen molar-refractivity contribution in [1.29, 1.82) is 0 Å². The van der Waals surface area contributed by atoms with Crippen molar-refractivity contribution in [3.63, 3.8) is 0 Å². The summed E-state index contributed by atoms with van der Waals surface area (Å²) in [5, 5.41) is 3.91. The van der Waals surface area contributed by atoms with Crippen LogP contribution in [-0.2, 0) is 4.79 Å². The summed E-state index contributed by atoms with van der Waals surface area (Å²) in [7, 11) is 0. The second-order valence-electron chi connectivity index (χ2n) is 4.50. The lowest BCUT2D eigenvalue weighted by atomic mass is 10.3. The van der Waals surface area contributed by atoms with Gasteiger partial charge in [-0.05, 0) is 43.0 Å². The topological polar surface area (TPSA) is 54.6 Å². The number of nitrogens with one attached hydrogen (secondary N) is 1. The third-order valence-corrected chi connectivity index (χ3v) is 4.56. The van der Waals surface area contributed by atoms with E-state index in [-0.39, 0.29) is 5.91 Å². The summed E-state index contributed by atoms with van der Waals surface area (Å²) in [6.45, 7) is 1.85. The lowest BCUT2D eigenvalue weighted by molar-refractivity contribution is -0.115. The quantitative estimate of drug-likeness (QED) is 0.790. The normalized spacial score (nSPS) is 18.2. The fourth-order valence-electron chi connectivity index (χ4n) is 1.83. The molecule has 2 aromatic rings. The van der Waals surface area contributed by atoms with Gasteiger partial charge < -0.3 is 9.73 Å². The molecule has 112 valence electrons. The van der Waals surface area contributed by atoms with Crippen LogP contribution in [0.2, 0.25) is 10.0 Å². The predicted molar refractivity (Wildman–Crippen MR) is 90.7 cm³/mol. The van der Waals surface area contributed by atoms with E-state index >= 15 is 0 Å². The molecule has 1 aliphatic heterocycles. The van der Waals surface area contributed by atoms with Gasteiger partial charge in [0.1, 0.15) is 11.5 Å². The van der Waals surface area contributed by atoms with E-state index in [2.05, 4.69) is 10.3 Å². The summed E-state index contributed by atoms with van der Waals surface area (Å²) in [5.41, 5.74) is 0.507. The highest BCUT2D eigenvalue weighted by Gasteiger charge is 2.24. The van der Waals surface area contributed by atoms with Gasteiger partial charge in [-0.15, -0.1) is 0 Å². The van der Waals surface area contributed by atoms with Crippen LogP contribution in [0.3, 0.4) is 0 Å². The van der Waals surface area contributed by atoms with E-state index in [4.69, 9.17) is 27.6 Å². The number of benzene rings is 1. The summed E-state index contributed by atoms with van der Waals surface area (Å²) < 4.78 is 5.43. The highest BCUT2D eigenvalue weighted by molar-refractivity contribution is 8.18. The molecule has 1 N–H and O–H groups in total. The molecule has 22 heavy (non-hydrogen) atoms. The average Bonchev–Trinajstić information content (AvgIpc) is 3.02. The number of rotatable bonds is 2. The van der Waals surface area contributed by atoms with Gasteiger partial charge in [0.05, 0.1) is 20.6 Å². The lowest BCUT2D eigenvalue weighted by Crippen LogP contribution is -2.19. The van der Waals surface area contributed by atoms with Gasteiger partial charge in [-0.1, -0.05) is 29.3 Å². The number of amidine groups is 1. The van der Waals surface area contributed by atoms with Crippen molar-refractivity contribution >= 4 is 57.8 Å². The summed E-state index contributed by atoms with van der Waals surface area (Å²) in [4.78, 5) is 16.8. The van der Waals surface area contributed by atoms with Crippen molar-refractivity contribution in [2.24, 2.45) is 4.99 Å². The van der Waals surface area contributed by atoms with Crippen LogP contribution in [0.4, 0.5) is 5.69 Å². The molecule has 2 heterocycles. The molecule has 0 spiro atoms. The first-order chi connectivity index (χ1) is 10.5. The molecule has 0 saturated carbocycles. The Labute approximate surface area is 141 Å². The Hall–Kier alpha value is -1.69. The van der Waals surface area contributed by atoms with E-state index in [9.17, 15) is 4.79 Å². The number of nitrogens with zero attached hydrogens (tertiary/aromatic N) is 1. The van der Waals surface area contributed by atoms with Crippen LogP contribution in [0.25, 0.3) is 6.08 Å². The molecular formula is C15H10Cl2N2O2S. The fourth-order valence-corrected chi connectivity index (χ4v) is 2.98. The number of furan rings is 1. The van der Waals surface area contributed by atoms with Crippen molar-refractivity contribution in [3.05, 3.63) is 56.8 Å². The van der Waals surface area contributed by atoms with Crippen LogP contribution < -0.4 is 5.32 Å². The number of amides is 1. The zero-order valence-corrected chi connectivity index (χ0v) is 13.7. The Balaban J connectivity index is 1.87. The second kappa shape index (κ2) is 6.20. The number of thioether (sulfide) groups is 1. The van der Waals surface area contributed by atoms with E-state index in [1.54, 1.807) is 30.3 Å². The van der Waals surface area contributed by atoms with Gasteiger partial charge in [0, 0.05) is 6.08 Å². The number of carbonyl (C=O) groups is 1. The third kappa shape index (κ3) is 3.21. The molecule has 1 aliphatic rings. The Morgan fingerprint density at radius 3 is 2.82 bits per heavy atom. The largest absolute Gasteiger partial charge is 0.462 e. The van der Waals surface area contributed by atoms with Crippen molar-refractivity contribution in [3.8, 4) is 0 Å². The fraction of sp³-hybridized carbons (Fsp3) is 0.0667. The van der Waals surface area contributed by atoms with E-state index in [1.807, 2.05) is 13.0 Å². The third-order valence-electron chi connectivity index (χ3n) is 2.84. The zero-order valence-electron chi connectivity index (χ0n) is 11.4. The summed E-state index contributed by atoms with van der Waals surface area (Å²) in [6, 6.07) is 8.80. The highest BCUT2D eigenvalue weighted by atomic mass is 35.5. The van der Waals surface area contributed by atoms with Gasteiger partial charge in [0.25, 0.3) is 5.91 Å². The molecule has 0 aliphatic carbocycles. The van der Waals surface area contributed by atoms with Gasteiger partial charge in [0.2, 0.25) is 0 Å². The molecule has 4 nitrogen and oxygen atoms in total. The second-order valence-corrected chi connectivity index (χ2v) is 6.32. The first kappa shape index (κ1) is 15.2. The minimum absolute atomic E-state index is 0.226. The maximum Gasteiger partial charge on any atom is 0.264 e. The number of halogens is 2. The molecule has 0 unspecified atom stereocenters. The standard InChI is InChI=1S/C15H10Cl2N2O2S/c1-8-5-6-9(21-8)7-12-14(20)19-15(22-12)18-11-4-2-3-10(16)13(11)17/h2-7H,1H3,(H,18,19,20). The molecule has 7 heteroatoms. The molecular weight excluding hydrogens is 343 g/mol. The number of hydrogen-bond acceptors (Lipinski definition) is 4. The number of aliphatic imine (C=N–C) groups is 1. The number of carbonyl (C=O) groups excluding carboxylic acids is 1. The van der Waals surface area contributed by atoms with Gasteiger partial charge in [0.15, 0.2) is 5.17 Å². The Bertz CT molecular complexity index is 812. The predicted octanol–water partition coefficient (Wildman–Crippen LogP) is 4.79. The highest BCUT2D eigenvalue weighted by Crippen LogP contribution is 2.34. The SMILES string of the molecule is Cc1ccc(C=C2SC(=Nc3cccc(Cl)c3Cl)NC2=O)o1. The molecule has 1 amide bonds. The summed E-state index contributed by atoms with van der Waals surface area (Å²) in [6.07, 6.45) is 1.68. The Kier molecular flexibility index (Phi) is 4.29. The van der Waals surface area contributed by atoms with Crippen molar-refractivity contribution in [2.45, 2.75) is 6.92 Å². The van der Waals surface area contributed by atoms with Crippen LogP contribution in [0, 0.1) is 6.92 Å². The first-order valence-electron chi connectivity index (χ1n) is 6.33. The minimum atomic E-state index is -0.226. The molecule has 1 aromatic heterocycles. The van der Waals surface area contributed by atoms with Crippen LogP contribution in [0.5, 0.6) is 0 Å². The molecule has 1 aromatic carbocycles. The van der Waals surface area contributed by atoms with E-state index in [1.165, 1.54) is 11.8 Å². The maximum absolute atomic E-state index is 12.0. The molecule has 0 atom stereocenters. The van der Waals surface area contributed by atoms with Crippen LogP contribution in [0.15, 0.2) is 44.6 Å². The monoisotopic (exact) mass is 352 g/mol. The Morgan fingerprint density at radius 1 is 1.27 bits per heavy atom. The van der Waals surface area contributed by atoms with Gasteiger partial charge >= 0.3 is 0 Å². The van der Waals surface area contributed by atoms with Crippen molar-refractivity contribution in [2.75, 3.05) is 0 Å². The summed E-state index contributed by atoms with van der Waals surface area (Å²) in [5.74, 6) is 1.18. The smallest absolute Gasteiger partial charge is 0.264 e. The molecule has 1 saturated heterocycles. The molecule has 0 radical (unpaired) electrons. The summed E-state index contributed by atoms with van der Waals surface area (Å²) >= 11 is 13.3. The van der Waals surface area contributed by atoms with Gasteiger partial charge in [-0.2, -0.15) is 0 Å². The van der Waals surface area contributed by atoms with Crippen LogP contribution in [-0.4, -0.2) is 11.1 Å². The van der Waals surface area contributed by atoms with Crippen molar-refractivity contribution < 1.29 is 9.21 Å². The van der Waals surface area contributed by atoms with Gasteiger partial charge in [-0.25, -0.2) is 4.99 Å². The van der Waals surface area contributed by atoms with Gasteiger partial charge in [-0.3, -0.25) is 4.79 Å². The lowest BCUT2D eigenvalue weighted by Gasteiger charge is -2.00. The van der Waals surface area contributed by atoms with Crippen LogP contribution in [0.1, 0.15) is 11.5 Å². The van der Waals surface area contributed by atoms with E-state index in [0.717, 1.165) is 5.76 Å². The minimum Gasteiger partial charge on any atom is -0.462 e. The van der Waals surface area contributed by atoms with E-state index in [0.29, 0.717) is 31.6 Å². The average molecular weight is 353 g/mol. The van der Waals surface area contributed by atoms with E-state index < -0.39 is 0 Å². The Morgan fingerprint density at radius 2 is 2.09 bits per heavy atom. The molecule has 1 fully saturated rings. The zero-order chi connectivity index (χ0) is 15.7. The van der Waals surface area contributed by atoms with Crippen molar-refractivity contribution in [1.82, 2.24) is 5.32 Å². The number of hydrogen-bond donors (Lipinski definition) is 1.